The summed E-state index contributed by atoms with van der Waals surface area (Å²) in [7, 11) is 0. The molecule has 4 nitrogen and oxygen atoms in total. The van der Waals surface area contributed by atoms with Crippen molar-refractivity contribution in [1.82, 2.24) is 5.32 Å². The molecule has 2 aliphatic rings. The van der Waals surface area contributed by atoms with E-state index in [0.717, 1.165) is 51.4 Å². The fourth-order valence-electron chi connectivity index (χ4n) is 3.15. The van der Waals surface area contributed by atoms with Gasteiger partial charge in [-0.2, -0.15) is 0 Å². The van der Waals surface area contributed by atoms with E-state index in [1.54, 1.807) is 0 Å². The van der Waals surface area contributed by atoms with Gasteiger partial charge >= 0.3 is 0 Å². The lowest BCUT2D eigenvalue weighted by atomic mass is 9.81. The van der Waals surface area contributed by atoms with E-state index in [-0.39, 0.29) is 18.1 Å². The van der Waals surface area contributed by atoms with E-state index in [1.165, 1.54) is 6.42 Å². The van der Waals surface area contributed by atoms with Gasteiger partial charge in [-0.15, -0.1) is 0 Å². The van der Waals surface area contributed by atoms with Crippen molar-refractivity contribution in [2.24, 2.45) is 5.73 Å². The van der Waals surface area contributed by atoms with Crippen LogP contribution in [-0.2, 0) is 4.79 Å². The number of amides is 1. The summed E-state index contributed by atoms with van der Waals surface area (Å²) >= 11 is 0. The molecule has 0 aliphatic heterocycles. The van der Waals surface area contributed by atoms with Crippen LogP contribution in [0.4, 0.5) is 0 Å². The average molecular weight is 240 g/mol. The van der Waals surface area contributed by atoms with Crippen LogP contribution in [-0.4, -0.2) is 28.7 Å². The zero-order valence-corrected chi connectivity index (χ0v) is 10.5. The van der Waals surface area contributed by atoms with Crippen molar-refractivity contribution in [2.45, 2.75) is 68.9 Å². The van der Waals surface area contributed by atoms with E-state index in [4.69, 9.17) is 5.73 Å². The van der Waals surface area contributed by atoms with E-state index < -0.39 is 5.54 Å². The fraction of sp³-hybridized carbons (Fsp3) is 0.923. The summed E-state index contributed by atoms with van der Waals surface area (Å²) in [5.41, 5.74) is 5.12. The summed E-state index contributed by atoms with van der Waals surface area (Å²) in [5, 5.41) is 12.5. The summed E-state index contributed by atoms with van der Waals surface area (Å²) in [6.07, 6.45) is 8.73. The van der Waals surface area contributed by atoms with Crippen LogP contribution in [0.25, 0.3) is 0 Å². The van der Waals surface area contributed by atoms with Gasteiger partial charge in [-0.1, -0.05) is 32.1 Å². The maximum atomic E-state index is 12.3. The number of aliphatic hydroxyl groups excluding tert-OH is 1. The number of carbonyl (C=O) groups excluding carboxylic acids is 1. The van der Waals surface area contributed by atoms with Crippen molar-refractivity contribution in [1.29, 1.82) is 0 Å². The van der Waals surface area contributed by atoms with Crippen LogP contribution in [0.3, 0.4) is 0 Å². The van der Waals surface area contributed by atoms with Crippen molar-refractivity contribution >= 4 is 5.91 Å². The van der Waals surface area contributed by atoms with E-state index in [1.807, 2.05) is 0 Å². The SMILES string of the molecule is NC1(C(=O)NC2(CO)CCCC2)CCCCC1. The molecule has 2 fully saturated rings. The first-order chi connectivity index (χ1) is 8.10. The molecule has 2 aliphatic carbocycles. The standard InChI is InChI=1S/C13H24N2O2/c14-13(8-2-1-3-9-13)11(17)15-12(10-16)6-4-5-7-12/h16H,1-10,14H2,(H,15,17). The maximum absolute atomic E-state index is 12.3. The zero-order chi connectivity index (χ0) is 12.4. The van der Waals surface area contributed by atoms with E-state index in [9.17, 15) is 9.90 Å². The Balaban J connectivity index is 1.99. The molecule has 2 saturated carbocycles. The van der Waals surface area contributed by atoms with E-state index >= 15 is 0 Å². The van der Waals surface area contributed by atoms with E-state index in [2.05, 4.69) is 5.32 Å². The lowest BCUT2D eigenvalue weighted by Gasteiger charge is -2.37. The number of carbonyl (C=O) groups is 1. The lowest BCUT2D eigenvalue weighted by Crippen LogP contribution is -2.61. The molecule has 0 aromatic rings. The highest BCUT2D eigenvalue weighted by molar-refractivity contribution is 5.86. The summed E-state index contributed by atoms with van der Waals surface area (Å²) in [5.74, 6) is -0.0480. The molecule has 0 bridgehead atoms. The Morgan fingerprint density at radius 3 is 2.12 bits per heavy atom. The van der Waals surface area contributed by atoms with Gasteiger partial charge in [0, 0.05) is 0 Å². The molecule has 4 N–H and O–H groups in total. The number of aliphatic hydroxyl groups is 1. The third-order valence-electron chi connectivity index (χ3n) is 4.44. The number of hydrogen-bond donors (Lipinski definition) is 3. The van der Waals surface area contributed by atoms with Gasteiger partial charge in [0.1, 0.15) is 0 Å². The van der Waals surface area contributed by atoms with Gasteiger partial charge < -0.3 is 16.2 Å². The van der Waals surface area contributed by atoms with Crippen LogP contribution in [0.1, 0.15) is 57.8 Å². The number of rotatable bonds is 3. The van der Waals surface area contributed by atoms with Gasteiger partial charge in [-0.25, -0.2) is 0 Å². The van der Waals surface area contributed by atoms with Crippen molar-refractivity contribution in [3.8, 4) is 0 Å². The minimum Gasteiger partial charge on any atom is -0.394 e. The van der Waals surface area contributed by atoms with Gasteiger partial charge in [0.15, 0.2) is 0 Å². The third kappa shape index (κ3) is 2.63. The highest BCUT2D eigenvalue weighted by atomic mass is 16.3. The molecular formula is C13H24N2O2. The predicted octanol–water partition coefficient (Wildman–Crippen LogP) is 1.07. The molecule has 17 heavy (non-hydrogen) atoms. The van der Waals surface area contributed by atoms with Crippen LogP contribution in [0.2, 0.25) is 0 Å². The van der Waals surface area contributed by atoms with Gasteiger partial charge in [-0.3, -0.25) is 4.79 Å². The summed E-state index contributed by atoms with van der Waals surface area (Å²) in [6, 6.07) is 0. The second-order valence-corrected chi connectivity index (χ2v) is 5.82. The third-order valence-corrected chi connectivity index (χ3v) is 4.44. The predicted molar refractivity (Wildman–Crippen MR) is 66.4 cm³/mol. The zero-order valence-electron chi connectivity index (χ0n) is 10.5. The van der Waals surface area contributed by atoms with Gasteiger partial charge in [0.25, 0.3) is 0 Å². The fourth-order valence-corrected chi connectivity index (χ4v) is 3.15. The number of nitrogens with two attached hydrogens (primary N) is 1. The largest absolute Gasteiger partial charge is 0.394 e. The van der Waals surface area contributed by atoms with Crippen molar-refractivity contribution in [3.05, 3.63) is 0 Å². The molecule has 0 heterocycles. The van der Waals surface area contributed by atoms with Gasteiger partial charge in [0.2, 0.25) is 5.91 Å². The Morgan fingerprint density at radius 1 is 1.06 bits per heavy atom. The topological polar surface area (TPSA) is 75.4 Å². The molecule has 2 rings (SSSR count). The van der Waals surface area contributed by atoms with Crippen molar-refractivity contribution in [2.75, 3.05) is 6.61 Å². The maximum Gasteiger partial charge on any atom is 0.240 e. The first kappa shape index (κ1) is 12.8. The monoisotopic (exact) mass is 240 g/mol. The second-order valence-electron chi connectivity index (χ2n) is 5.82. The smallest absolute Gasteiger partial charge is 0.240 e. The molecule has 1 amide bonds. The summed E-state index contributed by atoms with van der Waals surface area (Å²) in [6.45, 7) is 0.0365. The average Bonchev–Trinajstić information content (AvgIpc) is 2.79. The normalized spacial score (nSPS) is 26.7. The van der Waals surface area contributed by atoms with Crippen molar-refractivity contribution in [3.63, 3.8) is 0 Å². The summed E-state index contributed by atoms with van der Waals surface area (Å²) in [4.78, 5) is 12.3. The Morgan fingerprint density at radius 2 is 1.59 bits per heavy atom. The molecular weight excluding hydrogens is 216 g/mol. The Labute approximate surface area is 103 Å². The molecule has 0 unspecified atom stereocenters. The molecule has 0 aromatic carbocycles. The van der Waals surface area contributed by atoms with Crippen LogP contribution < -0.4 is 11.1 Å². The first-order valence-corrected chi connectivity index (χ1v) is 6.83. The molecule has 0 saturated heterocycles. The molecule has 98 valence electrons. The molecule has 0 spiro atoms. The lowest BCUT2D eigenvalue weighted by molar-refractivity contribution is -0.130. The van der Waals surface area contributed by atoms with E-state index in [0.29, 0.717) is 0 Å². The van der Waals surface area contributed by atoms with Crippen LogP contribution >= 0.6 is 0 Å². The number of hydrogen-bond acceptors (Lipinski definition) is 3. The molecule has 0 atom stereocenters. The quantitative estimate of drug-likeness (QED) is 0.690. The van der Waals surface area contributed by atoms with Crippen molar-refractivity contribution < 1.29 is 9.90 Å². The Hall–Kier alpha value is -0.610. The minimum atomic E-state index is -0.691. The highest BCUT2D eigenvalue weighted by Crippen LogP contribution is 2.32. The van der Waals surface area contributed by atoms with Crippen LogP contribution in [0.15, 0.2) is 0 Å². The molecule has 0 radical (unpaired) electrons. The molecule has 0 aromatic heterocycles. The van der Waals surface area contributed by atoms with Crippen LogP contribution in [0.5, 0.6) is 0 Å². The number of nitrogens with one attached hydrogen (secondary N) is 1. The minimum absolute atomic E-state index is 0.0365. The molecule has 4 heteroatoms. The van der Waals surface area contributed by atoms with Gasteiger partial charge in [-0.05, 0) is 25.7 Å². The second kappa shape index (κ2) is 4.94. The van der Waals surface area contributed by atoms with Crippen LogP contribution in [0, 0.1) is 0 Å². The Kier molecular flexibility index (Phi) is 3.73. The first-order valence-electron chi connectivity index (χ1n) is 6.83. The summed E-state index contributed by atoms with van der Waals surface area (Å²) < 4.78 is 0. The van der Waals surface area contributed by atoms with Gasteiger partial charge in [0.05, 0.1) is 17.7 Å². The Bertz CT molecular complexity index is 279. The highest BCUT2D eigenvalue weighted by Gasteiger charge is 2.41.